The van der Waals surface area contributed by atoms with Crippen molar-refractivity contribution in [1.82, 2.24) is 0 Å². The highest BCUT2D eigenvalue weighted by molar-refractivity contribution is 9.10. The van der Waals surface area contributed by atoms with Gasteiger partial charge in [-0.05, 0) is 42.0 Å². The van der Waals surface area contributed by atoms with Gasteiger partial charge in [-0.2, -0.15) is 0 Å². The Hall–Kier alpha value is -0.870. The molecule has 0 saturated heterocycles. The first kappa shape index (κ1) is 10.6. The van der Waals surface area contributed by atoms with E-state index in [1.165, 1.54) is 5.56 Å². The molecule has 0 bridgehead atoms. The Kier molecular flexibility index (Phi) is 2.80. The van der Waals surface area contributed by atoms with Crippen LogP contribution in [0.3, 0.4) is 0 Å². The monoisotopic (exact) mass is 270 g/mol. The molecule has 0 fully saturated rings. The fraction of sp³-hybridized carbons (Fsp3) is 0.364. The van der Waals surface area contributed by atoms with Gasteiger partial charge >= 0.3 is 5.97 Å². The summed E-state index contributed by atoms with van der Waals surface area (Å²) in [6, 6.07) is 3.49. The van der Waals surface area contributed by atoms with Gasteiger partial charge in [0.05, 0.1) is 0 Å². The Balaban J connectivity index is 2.43. The molecule has 1 aliphatic carbocycles. The quantitative estimate of drug-likeness (QED) is 0.865. The molecule has 1 atom stereocenters. The van der Waals surface area contributed by atoms with E-state index in [0.29, 0.717) is 5.56 Å². The van der Waals surface area contributed by atoms with E-state index in [1.807, 2.05) is 0 Å². The maximum Gasteiger partial charge on any atom is 0.337 e. The summed E-state index contributed by atoms with van der Waals surface area (Å²) in [5.74, 6) is -1.21. The number of aryl methyl sites for hydroxylation is 1. The largest absolute Gasteiger partial charge is 0.479 e. The molecule has 0 heterocycles. The number of carboxylic acid groups (broad SMARTS) is 1. The van der Waals surface area contributed by atoms with Crippen molar-refractivity contribution < 1.29 is 15.0 Å². The highest BCUT2D eigenvalue weighted by atomic mass is 79.9. The van der Waals surface area contributed by atoms with Gasteiger partial charge in [0.1, 0.15) is 0 Å². The summed E-state index contributed by atoms with van der Waals surface area (Å²) < 4.78 is 0.910. The molecular formula is C11H11BrO3. The molecule has 3 nitrogen and oxygen atoms in total. The average molecular weight is 271 g/mol. The van der Waals surface area contributed by atoms with Gasteiger partial charge in [-0.15, -0.1) is 0 Å². The number of halogens is 1. The standard InChI is InChI=1S/C11H11BrO3/c12-9-5-7(10(13)11(14)15)4-6-2-1-3-8(6)9/h4-5,10,13H,1-3H2,(H,14,15). The molecule has 2 N–H and O–H groups in total. The molecule has 0 amide bonds. The van der Waals surface area contributed by atoms with Gasteiger partial charge in [0.15, 0.2) is 6.10 Å². The van der Waals surface area contributed by atoms with Crippen molar-refractivity contribution in [1.29, 1.82) is 0 Å². The average Bonchev–Trinajstić information content (AvgIpc) is 2.64. The third-order valence-corrected chi connectivity index (χ3v) is 3.44. The second-order valence-electron chi connectivity index (χ2n) is 3.73. The molecule has 0 saturated carbocycles. The first-order valence-electron chi connectivity index (χ1n) is 4.81. The van der Waals surface area contributed by atoms with Crippen LogP contribution in [-0.4, -0.2) is 16.2 Å². The van der Waals surface area contributed by atoms with Crippen molar-refractivity contribution >= 4 is 21.9 Å². The summed E-state index contributed by atoms with van der Waals surface area (Å²) in [5.41, 5.74) is 2.85. The molecule has 1 unspecified atom stereocenters. The summed E-state index contributed by atoms with van der Waals surface area (Å²) in [6.07, 6.45) is 1.67. The Morgan fingerprint density at radius 3 is 2.80 bits per heavy atom. The zero-order chi connectivity index (χ0) is 11.0. The summed E-state index contributed by atoms with van der Waals surface area (Å²) in [4.78, 5) is 10.6. The second kappa shape index (κ2) is 3.94. The highest BCUT2D eigenvalue weighted by Crippen LogP contribution is 2.32. The number of carbonyl (C=O) groups is 1. The van der Waals surface area contributed by atoms with Crippen LogP contribution >= 0.6 is 15.9 Å². The zero-order valence-corrected chi connectivity index (χ0v) is 9.62. The van der Waals surface area contributed by atoms with Gasteiger partial charge in [0.25, 0.3) is 0 Å². The molecule has 0 radical (unpaired) electrons. The molecule has 0 spiro atoms. The number of aliphatic carboxylic acids is 1. The van der Waals surface area contributed by atoms with Crippen LogP contribution in [0.25, 0.3) is 0 Å². The van der Waals surface area contributed by atoms with Crippen LogP contribution in [0, 0.1) is 0 Å². The Labute approximate surface area is 95.9 Å². The summed E-state index contributed by atoms with van der Waals surface area (Å²) in [6.45, 7) is 0. The number of hydrogen-bond donors (Lipinski definition) is 2. The predicted molar refractivity (Wildman–Crippen MR) is 58.8 cm³/mol. The van der Waals surface area contributed by atoms with E-state index in [9.17, 15) is 9.90 Å². The molecule has 4 heteroatoms. The van der Waals surface area contributed by atoms with Crippen molar-refractivity contribution in [2.24, 2.45) is 0 Å². The van der Waals surface area contributed by atoms with E-state index in [-0.39, 0.29) is 0 Å². The molecule has 0 aromatic heterocycles. The lowest BCUT2D eigenvalue weighted by atomic mass is 10.0. The summed E-state index contributed by atoms with van der Waals surface area (Å²) in [7, 11) is 0. The number of benzene rings is 1. The minimum absolute atomic E-state index is 0.454. The predicted octanol–water partition coefficient (Wildman–Crippen LogP) is 2.06. The minimum atomic E-state index is -1.42. The lowest BCUT2D eigenvalue weighted by molar-refractivity contribution is -0.146. The van der Waals surface area contributed by atoms with Gasteiger partial charge in [-0.3, -0.25) is 0 Å². The van der Waals surface area contributed by atoms with Gasteiger partial charge in [0, 0.05) is 4.47 Å². The molecule has 0 aliphatic heterocycles. The van der Waals surface area contributed by atoms with Crippen LogP contribution in [0.5, 0.6) is 0 Å². The third-order valence-electron chi connectivity index (χ3n) is 2.73. The van der Waals surface area contributed by atoms with E-state index in [4.69, 9.17) is 5.11 Å². The number of aliphatic hydroxyl groups excluding tert-OH is 1. The fourth-order valence-corrected chi connectivity index (χ4v) is 2.69. The second-order valence-corrected chi connectivity index (χ2v) is 4.59. The fourth-order valence-electron chi connectivity index (χ4n) is 1.98. The van der Waals surface area contributed by atoms with E-state index in [2.05, 4.69) is 15.9 Å². The molecule has 2 rings (SSSR count). The van der Waals surface area contributed by atoms with E-state index in [0.717, 1.165) is 29.3 Å². The van der Waals surface area contributed by atoms with Gasteiger partial charge in [-0.25, -0.2) is 4.79 Å². The van der Waals surface area contributed by atoms with Crippen LogP contribution < -0.4 is 0 Å². The summed E-state index contributed by atoms with van der Waals surface area (Å²) >= 11 is 3.41. The van der Waals surface area contributed by atoms with Crippen LogP contribution in [0.15, 0.2) is 16.6 Å². The Bertz CT molecular complexity index is 415. The molecule has 80 valence electrons. The first-order chi connectivity index (χ1) is 7.09. The maximum absolute atomic E-state index is 10.6. The molecule has 1 aromatic rings. The normalized spacial score (nSPS) is 16.1. The first-order valence-corrected chi connectivity index (χ1v) is 5.61. The lowest BCUT2D eigenvalue weighted by Gasteiger charge is -2.10. The van der Waals surface area contributed by atoms with Gasteiger partial charge in [-0.1, -0.05) is 22.0 Å². The molecule has 1 aliphatic rings. The molecule has 15 heavy (non-hydrogen) atoms. The van der Waals surface area contributed by atoms with Crippen LogP contribution in [0.4, 0.5) is 0 Å². The SMILES string of the molecule is O=C(O)C(O)c1cc(Br)c2c(c1)CCC2. The van der Waals surface area contributed by atoms with Crippen LogP contribution in [0.1, 0.15) is 29.2 Å². The lowest BCUT2D eigenvalue weighted by Crippen LogP contribution is -2.11. The maximum atomic E-state index is 10.6. The van der Waals surface area contributed by atoms with Crippen molar-refractivity contribution in [3.8, 4) is 0 Å². The molecule has 1 aromatic carbocycles. The Morgan fingerprint density at radius 1 is 1.40 bits per heavy atom. The number of fused-ring (bicyclic) bond motifs is 1. The van der Waals surface area contributed by atoms with Crippen molar-refractivity contribution in [3.63, 3.8) is 0 Å². The van der Waals surface area contributed by atoms with Crippen molar-refractivity contribution in [2.75, 3.05) is 0 Å². The van der Waals surface area contributed by atoms with E-state index in [1.54, 1.807) is 12.1 Å². The number of hydrogen-bond acceptors (Lipinski definition) is 2. The molecular weight excluding hydrogens is 260 g/mol. The topological polar surface area (TPSA) is 57.5 Å². The smallest absolute Gasteiger partial charge is 0.337 e. The third kappa shape index (κ3) is 1.92. The highest BCUT2D eigenvalue weighted by Gasteiger charge is 2.21. The van der Waals surface area contributed by atoms with Crippen LogP contribution in [0.2, 0.25) is 0 Å². The Morgan fingerprint density at radius 2 is 2.13 bits per heavy atom. The van der Waals surface area contributed by atoms with Crippen LogP contribution in [-0.2, 0) is 17.6 Å². The van der Waals surface area contributed by atoms with Crippen molar-refractivity contribution in [3.05, 3.63) is 33.3 Å². The number of carboxylic acids is 1. The number of rotatable bonds is 2. The zero-order valence-electron chi connectivity index (χ0n) is 8.03. The number of aliphatic hydroxyl groups is 1. The minimum Gasteiger partial charge on any atom is -0.479 e. The summed E-state index contributed by atoms with van der Waals surface area (Å²) in [5, 5.41) is 18.1. The van der Waals surface area contributed by atoms with E-state index >= 15 is 0 Å². The van der Waals surface area contributed by atoms with Crippen molar-refractivity contribution in [2.45, 2.75) is 25.4 Å². The van der Waals surface area contributed by atoms with E-state index < -0.39 is 12.1 Å². The van der Waals surface area contributed by atoms with Gasteiger partial charge < -0.3 is 10.2 Å². The van der Waals surface area contributed by atoms with Gasteiger partial charge in [0.2, 0.25) is 0 Å².